The second-order valence-electron chi connectivity index (χ2n) is 3.97. The molecule has 0 radical (unpaired) electrons. The lowest BCUT2D eigenvalue weighted by Gasteiger charge is -2.34. The molecule has 0 aromatic carbocycles. The number of carboxylic acid groups (broad SMARTS) is 1. The van der Waals surface area contributed by atoms with E-state index in [0.29, 0.717) is 0 Å². The lowest BCUT2D eigenvalue weighted by atomic mass is 10.0. The molecular formula is C9H9N3O6S. The van der Waals surface area contributed by atoms with E-state index < -0.39 is 32.7 Å². The van der Waals surface area contributed by atoms with E-state index in [0.717, 1.165) is 22.6 Å². The lowest BCUT2D eigenvalue weighted by Crippen LogP contribution is -2.52. The van der Waals surface area contributed by atoms with Crippen LogP contribution < -0.4 is 0 Å². The van der Waals surface area contributed by atoms with Crippen LogP contribution in [0.25, 0.3) is 0 Å². The van der Waals surface area contributed by atoms with E-state index >= 15 is 0 Å². The molecule has 0 saturated carbocycles. The first-order valence-corrected chi connectivity index (χ1v) is 6.60. The number of nitrogens with zero attached hydrogens (tertiary/aromatic N) is 3. The summed E-state index contributed by atoms with van der Waals surface area (Å²) in [6, 6.07) is 2.07. The van der Waals surface area contributed by atoms with Crippen LogP contribution in [0, 0.1) is 16.0 Å². The van der Waals surface area contributed by atoms with Crippen molar-refractivity contribution in [3.63, 3.8) is 0 Å². The van der Waals surface area contributed by atoms with Crippen LogP contribution in [0.4, 0.5) is 5.82 Å². The highest BCUT2D eigenvalue weighted by atomic mass is 32.2. The molecule has 1 aliphatic heterocycles. The topological polar surface area (TPSA) is 131 Å². The highest BCUT2D eigenvalue weighted by molar-refractivity contribution is 7.89. The largest absolute Gasteiger partial charge is 0.481 e. The fourth-order valence-electron chi connectivity index (χ4n) is 1.57. The van der Waals surface area contributed by atoms with Crippen LogP contribution in [0.3, 0.4) is 0 Å². The van der Waals surface area contributed by atoms with Gasteiger partial charge in [-0.3, -0.25) is 4.79 Å². The van der Waals surface area contributed by atoms with E-state index in [4.69, 9.17) is 5.11 Å². The van der Waals surface area contributed by atoms with Gasteiger partial charge in [0.05, 0.1) is 5.92 Å². The van der Waals surface area contributed by atoms with E-state index in [2.05, 4.69) is 4.98 Å². The van der Waals surface area contributed by atoms with Gasteiger partial charge in [-0.05, 0) is 16.0 Å². The van der Waals surface area contributed by atoms with Crippen molar-refractivity contribution in [1.29, 1.82) is 0 Å². The van der Waals surface area contributed by atoms with Crippen LogP contribution in [-0.2, 0) is 14.8 Å². The molecule has 0 aliphatic carbocycles. The maximum absolute atomic E-state index is 12.0. The molecule has 0 atom stereocenters. The molecule has 2 rings (SSSR count). The van der Waals surface area contributed by atoms with Gasteiger partial charge in [0.1, 0.15) is 4.90 Å². The van der Waals surface area contributed by atoms with E-state index in [1.807, 2.05) is 0 Å². The van der Waals surface area contributed by atoms with Gasteiger partial charge in [0.15, 0.2) is 6.20 Å². The highest BCUT2D eigenvalue weighted by Gasteiger charge is 2.41. The third-order valence-corrected chi connectivity index (χ3v) is 4.56. The molecule has 0 spiro atoms. The number of carbonyl (C=O) groups is 1. The summed E-state index contributed by atoms with van der Waals surface area (Å²) in [7, 11) is -3.83. The van der Waals surface area contributed by atoms with Gasteiger partial charge in [0.25, 0.3) is 0 Å². The van der Waals surface area contributed by atoms with Crippen LogP contribution >= 0.6 is 0 Å². The number of pyridine rings is 1. The molecule has 9 nitrogen and oxygen atoms in total. The minimum atomic E-state index is -3.83. The van der Waals surface area contributed by atoms with Crippen LogP contribution in [0.2, 0.25) is 0 Å². The Labute approximate surface area is 107 Å². The van der Waals surface area contributed by atoms with Crippen LogP contribution in [0.1, 0.15) is 0 Å². The summed E-state index contributed by atoms with van der Waals surface area (Å²) < 4.78 is 25.0. The fourth-order valence-corrected chi connectivity index (χ4v) is 3.05. The maximum atomic E-state index is 12.0. The SMILES string of the molecule is O=C(O)C1CN(S(=O)(=O)c2ccc([N+](=O)[O-])nc2)C1. The lowest BCUT2D eigenvalue weighted by molar-refractivity contribution is -0.389. The standard InChI is InChI=1S/C9H9N3O6S/c13-9(14)6-4-11(5-6)19(17,18)7-1-2-8(10-3-7)12(15)16/h1-3,6H,4-5H2,(H,13,14). The summed E-state index contributed by atoms with van der Waals surface area (Å²) in [5, 5.41) is 19.1. The Bertz CT molecular complexity index is 620. The molecule has 1 aromatic heterocycles. The Morgan fingerprint density at radius 1 is 1.47 bits per heavy atom. The highest BCUT2D eigenvalue weighted by Crippen LogP contribution is 2.25. The minimum Gasteiger partial charge on any atom is -0.481 e. The molecule has 102 valence electrons. The number of aromatic nitrogens is 1. The Kier molecular flexibility index (Phi) is 3.20. The van der Waals surface area contributed by atoms with Gasteiger partial charge in [0.2, 0.25) is 10.0 Å². The average Bonchev–Trinajstić information content (AvgIpc) is 2.26. The van der Waals surface area contributed by atoms with Gasteiger partial charge < -0.3 is 15.2 Å². The van der Waals surface area contributed by atoms with Crippen molar-refractivity contribution >= 4 is 21.8 Å². The Hall–Kier alpha value is -2.07. The van der Waals surface area contributed by atoms with Crippen molar-refractivity contribution < 1.29 is 23.2 Å². The van der Waals surface area contributed by atoms with Crippen LogP contribution in [0.15, 0.2) is 23.2 Å². The zero-order valence-electron chi connectivity index (χ0n) is 9.46. The molecule has 0 amide bonds. The molecule has 1 aromatic rings. The first kappa shape index (κ1) is 13.4. The van der Waals surface area contributed by atoms with Gasteiger partial charge in [-0.1, -0.05) is 0 Å². The third-order valence-electron chi connectivity index (χ3n) is 2.74. The predicted octanol–water partition coefficient (Wildman–Crippen LogP) is -0.305. The van der Waals surface area contributed by atoms with E-state index in [1.165, 1.54) is 0 Å². The molecule has 1 saturated heterocycles. The summed E-state index contributed by atoms with van der Waals surface area (Å²) in [5.74, 6) is -2.21. The van der Waals surface area contributed by atoms with Gasteiger partial charge in [-0.2, -0.15) is 4.31 Å². The first-order chi connectivity index (χ1) is 8.82. The number of hydrogen-bond donors (Lipinski definition) is 1. The fraction of sp³-hybridized carbons (Fsp3) is 0.333. The van der Waals surface area contributed by atoms with E-state index in [1.54, 1.807) is 0 Å². The summed E-state index contributed by atoms with van der Waals surface area (Å²) in [6.07, 6.45) is 0.890. The molecular weight excluding hydrogens is 278 g/mol. The van der Waals surface area contributed by atoms with Gasteiger partial charge in [-0.15, -0.1) is 0 Å². The molecule has 1 fully saturated rings. The Balaban J connectivity index is 2.17. The third kappa shape index (κ3) is 2.39. The monoisotopic (exact) mass is 287 g/mol. The van der Waals surface area contributed by atoms with Gasteiger partial charge >= 0.3 is 11.8 Å². The summed E-state index contributed by atoms with van der Waals surface area (Å²) in [6.45, 7) is -0.205. The molecule has 0 unspecified atom stereocenters. The average molecular weight is 287 g/mol. The number of rotatable bonds is 4. The normalized spacial score (nSPS) is 16.8. The number of aliphatic carboxylic acids is 1. The van der Waals surface area contributed by atoms with Crippen LogP contribution in [0.5, 0.6) is 0 Å². The Morgan fingerprint density at radius 2 is 2.11 bits per heavy atom. The quantitative estimate of drug-likeness (QED) is 0.593. The Morgan fingerprint density at radius 3 is 2.53 bits per heavy atom. The first-order valence-electron chi connectivity index (χ1n) is 5.16. The van der Waals surface area contributed by atoms with Crippen molar-refractivity contribution in [1.82, 2.24) is 9.29 Å². The number of nitro groups is 1. The molecule has 1 aliphatic rings. The van der Waals surface area contributed by atoms with E-state index in [9.17, 15) is 23.3 Å². The molecule has 2 heterocycles. The summed E-state index contributed by atoms with van der Waals surface area (Å²) in [5.41, 5.74) is 0. The maximum Gasteiger partial charge on any atom is 0.363 e. The van der Waals surface area contributed by atoms with Crippen molar-refractivity contribution in [3.05, 3.63) is 28.4 Å². The number of carboxylic acids is 1. The zero-order valence-corrected chi connectivity index (χ0v) is 10.3. The van der Waals surface area contributed by atoms with Gasteiger partial charge in [0, 0.05) is 19.2 Å². The van der Waals surface area contributed by atoms with Crippen molar-refractivity contribution in [2.24, 2.45) is 5.92 Å². The zero-order chi connectivity index (χ0) is 14.2. The number of sulfonamides is 1. The van der Waals surface area contributed by atoms with Crippen molar-refractivity contribution in [2.45, 2.75) is 4.90 Å². The van der Waals surface area contributed by atoms with Gasteiger partial charge in [-0.25, -0.2) is 8.42 Å². The summed E-state index contributed by atoms with van der Waals surface area (Å²) in [4.78, 5) is 23.5. The molecule has 0 bridgehead atoms. The van der Waals surface area contributed by atoms with E-state index in [-0.39, 0.29) is 18.0 Å². The minimum absolute atomic E-state index is 0.103. The second kappa shape index (κ2) is 4.55. The molecule has 19 heavy (non-hydrogen) atoms. The summed E-state index contributed by atoms with van der Waals surface area (Å²) >= 11 is 0. The smallest absolute Gasteiger partial charge is 0.363 e. The molecule has 1 N–H and O–H groups in total. The second-order valence-corrected chi connectivity index (χ2v) is 5.90. The van der Waals surface area contributed by atoms with Crippen molar-refractivity contribution in [2.75, 3.05) is 13.1 Å². The number of hydrogen-bond acceptors (Lipinski definition) is 6. The predicted molar refractivity (Wildman–Crippen MR) is 60.8 cm³/mol. The molecule has 10 heteroatoms. The van der Waals surface area contributed by atoms with Crippen LogP contribution in [-0.4, -0.2) is 46.8 Å². The van der Waals surface area contributed by atoms with Crippen molar-refractivity contribution in [3.8, 4) is 0 Å².